The highest BCUT2D eigenvalue weighted by atomic mass is 79.9. The van der Waals surface area contributed by atoms with Crippen LogP contribution in [0.15, 0.2) is 51.8 Å². The summed E-state index contributed by atoms with van der Waals surface area (Å²) in [6.45, 7) is 0.449. The van der Waals surface area contributed by atoms with Crippen molar-refractivity contribution in [3.05, 3.63) is 58.1 Å². The maximum atomic E-state index is 12.3. The third-order valence-electron chi connectivity index (χ3n) is 2.77. The van der Waals surface area contributed by atoms with E-state index in [0.717, 1.165) is 15.7 Å². The maximum absolute atomic E-state index is 12.3. The largest absolute Gasteiger partial charge is 0.380 e. The monoisotopic (exact) mass is 351 g/mol. The molecule has 2 aromatic carbocycles. The summed E-state index contributed by atoms with van der Waals surface area (Å²) < 4.78 is 6.01. The molecule has 0 fully saturated rings. The molecular formula is C15H14BrNO2S. The Morgan fingerprint density at radius 3 is 2.75 bits per heavy atom. The van der Waals surface area contributed by atoms with E-state index in [4.69, 9.17) is 4.74 Å². The minimum absolute atomic E-state index is 0.189. The van der Waals surface area contributed by atoms with Crippen molar-refractivity contribution in [2.75, 3.05) is 12.4 Å². The van der Waals surface area contributed by atoms with Crippen LogP contribution in [0.1, 0.15) is 15.9 Å². The molecule has 0 spiro atoms. The standard InChI is InChI=1S/C15H14BrNO2S/c1-19-9-10-4-2-3-5-13(10)17-15(18)12-7-6-11(16)8-14(12)20/h2-8,20H,9H2,1H3,(H,17,18). The van der Waals surface area contributed by atoms with E-state index < -0.39 is 0 Å². The molecule has 20 heavy (non-hydrogen) atoms. The van der Waals surface area contributed by atoms with E-state index in [1.54, 1.807) is 19.2 Å². The van der Waals surface area contributed by atoms with Crippen molar-refractivity contribution >= 4 is 40.2 Å². The Morgan fingerprint density at radius 2 is 2.05 bits per heavy atom. The molecule has 0 aliphatic rings. The summed E-state index contributed by atoms with van der Waals surface area (Å²) in [7, 11) is 1.62. The number of anilines is 1. The van der Waals surface area contributed by atoms with Crippen molar-refractivity contribution in [3.8, 4) is 0 Å². The topological polar surface area (TPSA) is 38.3 Å². The summed E-state index contributed by atoms with van der Waals surface area (Å²) in [5.41, 5.74) is 2.21. The summed E-state index contributed by atoms with van der Waals surface area (Å²) >= 11 is 7.67. The van der Waals surface area contributed by atoms with E-state index in [2.05, 4.69) is 33.9 Å². The fourth-order valence-corrected chi connectivity index (χ4v) is 2.66. The van der Waals surface area contributed by atoms with Crippen LogP contribution in [-0.4, -0.2) is 13.0 Å². The SMILES string of the molecule is COCc1ccccc1NC(=O)c1ccc(Br)cc1S. The number of hydrogen-bond donors (Lipinski definition) is 2. The van der Waals surface area contributed by atoms with Gasteiger partial charge in [-0.15, -0.1) is 12.6 Å². The molecule has 1 N–H and O–H groups in total. The average Bonchev–Trinajstić information content (AvgIpc) is 2.41. The van der Waals surface area contributed by atoms with Crippen LogP contribution in [0.3, 0.4) is 0 Å². The highest BCUT2D eigenvalue weighted by Crippen LogP contribution is 2.22. The predicted molar refractivity (Wildman–Crippen MR) is 86.5 cm³/mol. The summed E-state index contributed by atoms with van der Waals surface area (Å²) in [4.78, 5) is 12.9. The molecule has 104 valence electrons. The third-order valence-corrected chi connectivity index (χ3v) is 3.63. The van der Waals surface area contributed by atoms with Crippen LogP contribution in [0.5, 0.6) is 0 Å². The third kappa shape index (κ3) is 3.62. The molecule has 1 amide bonds. The number of amides is 1. The van der Waals surface area contributed by atoms with Crippen LogP contribution in [0.2, 0.25) is 0 Å². The van der Waals surface area contributed by atoms with Gasteiger partial charge in [0.05, 0.1) is 12.2 Å². The molecule has 0 atom stereocenters. The van der Waals surface area contributed by atoms with Crippen LogP contribution in [-0.2, 0) is 11.3 Å². The molecule has 0 unspecified atom stereocenters. The van der Waals surface area contributed by atoms with Gasteiger partial charge in [0, 0.05) is 27.7 Å². The second kappa shape index (κ2) is 6.92. The van der Waals surface area contributed by atoms with Crippen molar-refractivity contribution in [2.45, 2.75) is 11.5 Å². The van der Waals surface area contributed by atoms with Crippen LogP contribution >= 0.6 is 28.6 Å². The Morgan fingerprint density at radius 1 is 1.30 bits per heavy atom. The lowest BCUT2D eigenvalue weighted by molar-refractivity contribution is 0.102. The molecule has 0 aliphatic carbocycles. The number of carbonyl (C=O) groups excluding carboxylic acids is 1. The van der Waals surface area contributed by atoms with Gasteiger partial charge in [0.25, 0.3) is 5.91 Å². The number of carbonyl (C=O) groups is 1. The fraction of sp³-hybridized carbons (Fsp3) is 0.133. The van der Waals surface area contributed by atoms with Gasteiger partial charge >= 0.3 is 0 Å². The van der Waals surface area contributed by atoms with Crippen LogP contribution in [0, 0.1) is 0 Å². The van der Waals surface area contributed by atoms with Crippen molar-refractivity contribution in [2.24, 2.45) is 0 Å². The molecule has 0 radical (unpaired) electrons. The molecule has 0 aromatic heterocycles. The van der Waals surface area contributed by atoms with Crippen LogP contribution in [0.4, 0.5) is 5.69 Å². The molecular weight excluding hydrogens is 338 g/mol. The first-order chi connectivity index (χ1) is 9.61. The molecule has 0 saturated heterocycles. The zero-order valence-electron chi connectivity index (χ0n) is 10.9. The minimum atomic E-state index is -0.189. The Bertz CT molecular complexity index is 631. The van der Waals surface area contributed by atoms with Gasteiger partial charge in [0.2, 0.25) is 0 Å². The summed E-state index contributed by atoms with van der Waals surface area (Å²) in [5.74, 6) is -0.189. The molecule has 3 nitrogen and oxygen atoms in total. The second-order valence-electron chi connectivity index (χ2n) is 4.21. The van der Waals surface area contributed by atoms with Crippen molar-refractivity contribution in [1.29, 1.82) is 0 Å². The Kier molecular flexibility index (Phi) is 5.23. The number of methoxy groups -OCH3 is 1. The summed E-state index contributed by atoms with van der Waals surface area (Å²) in [6, 6.07) is 12.9. The van der Waals surface area contributed by atoms with Crippen LogP contribution in [0.25, 0.3) is 0 Å². The number of para-hydroxylation sites is 1. The average molecular weight is 352 g/mol. The molecule has 0 saturated carbocycles. The lowest BCUT2D eigenvalue weighted by Crippen LogP contribution is -2.14. The van der Waals surface area contributed by atoms with Gasteiger partial charge in [-0.2, -0.15) is 0 Å². The maximum Gasteiger partial charge on any atom is 0.256 e. The molecule has 0 aliphatic heterocycles. The zero-order chi connectivity index (χ0) is 14.5. The van der Waals surface area contributed by atoms with Crippen molar-refractivity contribution in [3.63, 3.8) is 0 Å². The highest BCUT2D eigenvalue weighted by Gasteiger charge is 2.11. The zero-order valence-corrected chi connectivity index (χ0v) is 13.4. The first-order valence-electron chi connectivity index (χ1n) is 5.98. The lowest BCUT2D eigenvalue weighted by Gasteiger charge is -2.11. The summed E-state index contributed by atoms with van der Waals surface area (Å²) in [5, 5.41) is 2.89. The van der Waals surface area contributed by atoms with E-state index in [0.29, 0.717) is 17.1 Å². The quantitative estimate of drug-likeness (QED) is 0.812. The number of hydrogen-bond acceptors (Lipinski definition) is 3. The molecule has 0 heterocycles. The lowest BCUT2D eigenvalue weighted by atomic mass is 10.1. The van der Waals surface area contributed by atoms with Crippen molar-refractivity contribution < 1.29 is 9.53 Å². The van der Waals surface area contributed by atoms with E-state index in [1.807, 2.05) is 30.3 Å². The Balaban J connectivity index is 2.23. The number of benzene rings is 2. The van der Waals surface area contributed by atoms with Gasteiger partial charge in [-0.05, 0) is 24.3 Å². The van der Waals surface area contributed by atoms with Gasteiger partial charge in [0.15, 0.2) is 0 Å². The Labute approximate surface area is 131 Å². The van der Waals surface area contributed by atoms with E-state index in [1.165, 1.54) is 0 Å². The Hall–Kier alpha value is -1.30. The van der Waals surface area contributed by atoms with Gasteiger partial charge in [0.1, 0.15) is 0 Å². The van der Waals surface area contributed by atoms with Gasteiger partial charge in [-0.25, -0.2) is 0 Å². The molecule has 0 bridgehead atoms. The van der Waals surface area contributed by atoms with Gasteiger partial charge in [-0.3, -0.25) is 4.79 Å². The normalized spacial score (nSPS) is 10.3. The number of thiol groups is 1. The number of ether oxygens (including phenoxy) is 1. The predicted octanol–water partition coefficient (Wildman–Crippen LogP) is 4.14. The number of nitrogens with one attached hydrogen (secondary N) is 1. The number of rotatable bonds is 4. The molecule has 2 rings (SSSR count). The second-order valence-corrected chi connectivity index (χ2v) is 5.60. The first kappa shape index (κ1) is 15.1. The highest BCUT2D eigenvalue weighted by molar-refractivity contribution is 9.10. The van der Waals surface area contributed by atoms with Gasteiger partial charge < -0.3 is 10.1 Å². The van der Waals surface area contributed by atoms with Crippen LogP contribution < -0.4 is 5.32 Å². The summed E-state index contributed by atoms with van der Waals surface area (Å²) in [6.07, 6.45) is 0. The van der Waals surface area contributed by atoms with E-state index in [9.17, 15) is 4.79 Å². The fourth-order valence-electron chi connectivity index (χ4n) is 1.81. The molecule has 5 heteroatoms. The minimum Gasteiger partial charge on any atom is -0.380 e. The van der Waals surface area contributed by atoms with E-state index >= 15 is 0 Å². The van der Waals surface area contributed by atoms with Gasteiger partial charge in [-0.1, -0.05) is 34.1 Å². The smallest absolute Gasteiger partial charge is 0.256 e. The number of halogens is 1. The molecule has 2 aromatic rings. The van der Waals surface area contributed by atoms with Crippen molar-refractivity contribution in [1.82, 2.24) is 0 Å². The van der Waals surface area contributed by atoms with E-state index in [-0.39, 0.29) is 5.91 Å². The first-order valence-corrected chi connectivity index (χ1v) is 7.22.